The van der Waals surface area contributed by atoms with Crippen LogP contribution in [-0.2, 0) is 5.88 Å². The molecule has 2 rings (SSSR count). The van der Waals surface area contributed by atoms with Crippen LogP contribution in [0, 0.1) is 5.82 Å². The molecule has 0 aliphatic rings. The monoisotopic (exact) mass is 221 g/mol. The average molecular weight is 222 g/mol. The summed E-state index contributed by atoms with van der Waals surface area (Å²) in [6.45, 7) is 0. The van der Waals surface area contributed by atoms with E-state index in [2.05, 4.69) is 4.98 Å². The van der Waals surface area contributed by atoms with Gasteiger partial charge in [-0.05, 0) is 29.3 Å². The van der Waals surface area contributed by atoms with Gasteiger partial charge in [0.1, 0.15) is 5.82 Å². The van der Waals surface area contributed by atoms with Crippen molar-refractivity contribution in [3.63, 3.8) is 0 Å². The van der Waals surface area contributed by atoms with Gasteiger partial charge in [0, 0.05) is 23.8 Å². The Morgan fingerprint density at radius 3 is 2.87 bits per heavy atom. The minimum absolute atomic E-state index is 0.253. The highest BCUT2D eigenvalue weighted by molar-refractivity contribution is 6.17. The molecule has 0 amide bonds. The van der Waals surface area contributed by atoms with E-state index in [0.717, 1.165) is 16.7 Å². The zero-order valence-corrected chi connectivity index (χ0v) is 8.71. The number of hydrogen-bond acceptors (Lipinski definition) is 1. The molecule has 76 valence electrons. The number of benzene rings is 1. The first kappa shape index (κ1) is 10.1. The van der Waals surface area contributed by atoms with Gasteiger partial charge in [0.2, 0.25) is 0 Å². The van der Waals surface area contributed by atoms with Crippen molar-refractivity contribution in [2.45, 2.75) is 5.88 Å². The molecule has 0 unspecified atom stereocenters. The zero-order chi connectivity index (χ0) is 10.7. The fourth-order valence-electron chi connectivity index (χ4n) is 1.46. The molecule has 2 aromatic rings. The molecule has 15 heavy (non-hydrogen) atoms. The van der Waals surface area contributed by atoms with Crippen LogP contribution >= 0.6 is 11.6 Å². The quantitative estimate of drug-likeness (QED) is 0.706. The van der Waals surface area contributed by atoms with Crippen molar-refractivity contribution in [1.29, 1.82) is 0 Å². The van der Waals surface area contributed by atoms with Crippen LogP contribution < -0.4 is 0 Å². The third-order valence-corrected chi connectivity index (χ3v) is 2.48. The van der Waals surface area contributed by atoms with Crippen molar-refractivity contribution >= 4 is 11.6 Å². The molecule has 0 bridgehead atoms. The molecule has 0 saturated heterocycles. The number of aromatic nitrogens is 1. The van der Waals surface area contributed by atoms with Crippen molar-refractivity contribution in [3.05, 3.63) is 54.1 Å². The maximum Gasteiger partial charge on any atom is 0.123 e. The molecule has 0 spiro atoms. The second-order valence-electron chi connectivity index (χ2n) is 3.18. The number of alkyl halides is 1. The Hall–Kier alpha value is -1.41. The third kappa shape index (κ3) is 2.16. The zero-order valence-electron chi connectivity index (χ0n) is 7.95. The number of pyridine rings is 1. The van der Waals surface area contributed by atoms with Gasteiger partial charge in [0.25, 0.3) is 0 Å². The molecular weight excluding hydrogens is 213 g/mol. The van der Waals surface area contributed by atoms with Crippen molar-refractivity contribution in [1.82, 2.24) is 4.98 Å². The van der Waals surface area contributed by atoms with E-state index in [4.69, 9.17) is 11.6 Å². The van der Waals surface area contributed by atoms with Crippen LogP contribution in [0.1, 0.15) is 5.56 Å². The van der Waals surface area contributed by atoms with E-state index in [9.17, 15) is 4.39 Å². The number of hydrogen-bond donors (Lipinski definition) is 0. The standard InChI is InChI=1S/C12H9ClFN/c13-7-10-4-5-15-8-12(10)9-2-1-3-11(14)6-9/h1-6,8H,7H2. The average Bonchev–Trinajstić information content (AvgIpc) is 2.29. The van der Waals surface area contributed by atoms with Gasteiger partial charge < -0.3 is 0 Å². The molecule has 0 aliphatic heterocycles. The molecule has 0 radical (unpaired) electrons. The van der Waals surface area contributed by atoms with Gasteiger partial charge in [0.05, 0.1) is 0 Å². The molecule has 0 fully saturated rings. The molecule has 1 nitrogen and oxygen atoms in total. The van der Waals surface area contributed by atoms with Crippen LogP contribution in [0.2, 0.25) is 0 Å². The topological polar surface area (TPSA) is 12.9 Å². The van der Waals surface area contributed by atoms with Gasteiger partial charge in [-0.25, -0.2) is 4.39 Å². The van der Waals surface area contributed by atoms with Crippen LogP contribution in [-0.4, -0.2) is 4.98 Å². The predicted molar refractivity (Wildman–Crippen MR) is 59.2 cm³/mol. The molecular formula is C12H9ClFN. The lowest BCUT2D eigenvalue weighted by atomic mass is 10.0. The van der Waals surface area contributed by atoms with Crippen LogP contribution in [0.25, 0.3) is 11.1 Å². The van der Waals surface area contributed by atoms with Crippen molar-refractivity contribution < 1.29 is 4.39 Å². The summed E-state index contributed by atoms with van der Waals surface area (Å²) in [5.74, 6) is 0.144. The van der Waals surface area contributed by atoms with E-state index in [0.29, 0.717) is 5.88 Å². The minimum Gasteiger partial charge on any atom is -0.264 e. The summed E-state index contributed by atoms with van der Waals surface area (Å²) in [6.07, 6.45) is 3.38. The SMILES string of the molecule is Fc1cccc(-c2cnccc2CCl)c1. The van der Waals surface area contributed by atoms with Crippen molar-refractivity contribution in [2.75, 3.05) is 0 Å². The Kier molecular flexibility index (Phi) is 2.97. The van der Waals surface area contributed by atoms with Gasteiger partial charge in [-0.2, -0.15) is 0 Å². The van der Waals surface area contributed by atoms with Crippen LogP contribution in [0.5, 0.6) is 0 Å². The Morgan fingerprint density at radius 2 is 2.13 bits per heavy atom. The first-order chi connectivity index (χ1) is 7.31. The van der Waals surface area contributed by atoms with E-state index >= 15 is 0 Å². The summed E-state index contributed by atoms with van der Waals surface area (Å²) >= 11 is 5.80. The van der Waals surface area contributed by atoms with E-state index in [1.807, 2.05) is 12.1 Å². The summed E-state index contributed by atoms with van der Waals surface area (Å²) < 4.78 is 13.0. The lowest BCUT2D eigenvalue weighted by Gasteiger charge is -2.05. The van der Waals surface area contributed by atoms with E-state index in [-0.39, 0.29) is 5.82 Å². The molecule has 0 atom stereocenters. The van der Waals surface area contributed by atoms with Gasteiger partial charge in [-0.1, -0.05) is 12.1 Å². The molecule has 0 aliphatic carbocycles. The third-order valence-electron chi connectivity index (χ3n) is 2.19. The van der Waals surface area contributed by atoms with Gasteiger partial charge in [0.15, 0.2) is 0 Å². The largest absolute Gasteiger partial charge is 0.264 e. The predicted octanol–water partition coefficient (Wildman–Crippen LogP) is 3.63. The highest BCUT2D eigenvalue weighted by atomic mass is 35.5. The highest BCUT2D eigenvalue weighted by Gasteiger charge is 2.04. The van der Waals surface area contributed by atoms with Crippen LogP contribution in [0.3, 0.4) is 0 Å². The Morgan fingerprint density at radius 1 is 1.27 bits per heavy atom. The number of rotatable bonds is 2. The maximum absolute atomic E-state index is 13.0. The van der Waals surface area contributed by atoms with Crippen LogP contribution in [0.4, 0.5) is 4.39 Å². The molecule has 1 heterocycles. The molecule has 3 heteroatoms. The summed E-state index contributed by atoms with van der Waals surface area (Å²) in [5.41, 5.74) is 2.64. The van der Waals surface area contributed by atoms with Gasteiger partial charge in [-0.15, -0.1) is 11.6 Å². The second-order valence-corrected chi connectivity index (χ2v) is 3.44. The van der Waals surface area contributed by atoms with Crippen LogP contribution in [0.15, 0.2) is 42.7 Å². The molecule has 1 aromatic carbocycles. The Balaban J connectivity index is 2.53. The molecule has 0 saturated carbocycles. The molecule has 0 N–H and O–H groups in total. The Bertz CT molecular complexity index is 471. The molecule has 1 aromatic heterocycles. The first-order valence-corrected chi connectivity index (χ1v) is 5.09. The summed E-state index contributed by atoms with van der Waals surface area (Å²) in [6, 6.07) is 8.26. The number of nitrogens with zero attached hydrogens (tertiary/aromatic N) is 1. The fraction of sp³-hybridized carbons (Fsp3) is 0.0833. The maximum atomic E-state index is 13.0. The number of halogens is 2. The lowest BCUT2D eigenvalue weighted by Crippen LogP contribution is -1.88. The lowest BCUT2D eigenvalue weighted by molar-refractivity contribution is 0.628. The first-order valence-electron chi connectivity index (χ1n) is 4.56. The smallest absolute Gasteiger partial charge is 0.123 e. The normalized spacial score (nSPS) is 10.3. The summed E-state index contributed by atoms with van der Waals surface area (Å²) in [7, 11) is 0. The Labute approximate surface area is 92.5 Å². The fourth-order valence-corrected chi connectivity index (χ4v) is 1.69. The minimum atomic E-state index is -0.253. The van der Waals surface area contributed by atoms with E-state index < -0.39 is 0 Å². The van der Waals surface area contributed by atoms with Crippen molar-refractivity contribution in [2.24, 2.45) is 0 Å². The second kappa shape index (κ2) is 4.41. The highest BCUT2D eigenvalue weighted by Crippen LogP contribution is 2.24. The van der Waals surface area contributed by atoms with Gasteiger partial charge >= 0.3 is 0 Å². The van der Waals surface area contributed by atoms with Gasteiger partial charge in [-0.3, -0.25) is 4.98 Å². The van der Waals surface area contributed by atoms with E-state index in [1.165, 1.54) is 12.1 Å². The summed E-state index contributed by atoms with van der Waals surface area (Å²) in [4.78, 5) is 4.02. The van der Waals surface area contributed by atoms with E-state index in [1.54, 1.807) is 18.5 Å². The van der Waals surface area contributed by atoms with Crippen molar-refractivity contribution in [3.8, 4) is 11.1 Å². The summed E-state index contributed by atoms with van der Waals surface area (Å²) in [5, 5.41) is 0.